The number of hydrogen-bond donors (Lipinski definition) is 0. The smallest absolute Gasteiger partial charge is 0.0595 e. The fourth-order valence-corrected chi connectivity index (χ4v) is 3.71. The van der Waals surface area contributed by atoms with Gasteiger partial charge < -0.3 is 4.74 Å². The Balaban J connectivity index is 1.71. The normalized spacial score (nSPS) is 22.4. The van der Waals surface area contributed by atoms with Crippen molar-refractivity contribution in [2.24, 2.45) is 5.92 Å². The molecule has 0 radical (unpaired) electrons. The first-order valence-electron chi connectivity index (χ1n) is 8.14. The number of unbranched alkanes of at least 4 members (excludes halogenated alkanes) is 2. The monoisotopic (exact) mass is 328 g/mol. The molecule has 0 spiro atoms. The van der Waals surface area contributed by atoms with E-state index in [1.165, 1.54) is 56.9 Å². The van der Waals surface area contributed by atoms with Gasteiger partial charge in [0, 0.05) is 13.7 Å². The summed E-state index contributed by atoms with van der Waals surface area (Å²) in [5, 5.41) is 1.35. The predicted molar refractivity (Wildman–Crippen MR) is 91.5 cm³/mol. The molecule has 1 aromatic carbocycles. The summed E-state index contributed by atoms with van der Waals surface area (Å²) in [6, 6.07) is 6.13. The van der Waals surface area contributed by atoms with Crippen LogP contribution >= 0.6 is 23.2 Å². The molecule has 0 amide bonds. The maximum atomic E-state index is 6.13. The zero-order chi connectivity index (χ0) is 15.1. The van der Waals surface area contributed by atoms with Gasteiger partial charge in [-0.3, -0.25) is 0 Å². The quantitative estimate of drug-likeness (QED) is 0.521. The summed E-state index contributed by atoms with van der Waals surface area (Å²) in [5.74, 6) is 1.59. The average molecular weight is 329 g/mol. The Kier molecular flexibility index (Phi) is 7.36. The van der Waals surface area contributed by atoms with E-state index < -0.39 is 0 Å². The van der Waals surface area contributed by atoms with Crippen molar-refractivity contribution >= 4 is 23.2 Å². The Labute approximate surface area is 139 Å². The summed E-state index contributed by atoms with van der Waals surface area (Å²) < 4.78 is 5.09. The minimum atomic E-state index is 0.658. The standard InChI is InChI=1S/C18H26Cl2O/c1-21-12-4-2-3-5-14-6-8-15(9-7-14)16-10-11-17(19)18(20)13-16/h10-11,13-15H,2-9,12H2,1H3. The molecule has 1 aromatic rings. The molecule has 0 aliphatic heterocycles. The summed E-state index contributed by atoms with van der Waals surface area (Å²) in [6.45, 7) is 0.907. The fourth-order valence-electron chi connectivity index (χ4n) is 3.41. The molecule has 0 atom stereocenters. The van der Waals surface area contributed by atoms with Crippen molar-refractivity contribution < 1.29 is 4.74 Å². The first-order chi connectivity index (χ1) is 10.2. The lowest BCUT2D eigenvalue weighted by Crippen LogP contribution is -2.13. The van der Waals surface area contributed by atoms with Crippen LogP contribution in [0.25, 0.3) is 0 Å². The molecule has 1 nitrogen and oxygen atoms in total. The maximum Gasteiger partial charge on any atom is 0.0595 e. The molecule has 118 valence electrons. The van der Waals surface area contributed by atoms with Gasteiger partial charge in [0.15, 0.2) is 0 Å². The molecule has 1 aliphatic rings. The van der Waals surface area contributed by atoms with Crippen LogP contribution in [0.1, 0.15) is 62.8 Å². The molecular formula is C18H26Cl2O. The highest BCUT2D eigenvalue weighted by Crippen LogP contribution is 2.39. The third-order valence-electron chi connectivity index (χ3n) is 4.72. The van der Waals surface area contributed by atoms with Crippen molar-refractivity contribution in [2.75, 3.05) is 13.7 Å². The van der Waals surface area contributed by atoms with Gasteiger partial charge in [-0.25, -0.2) is 0 Å². The van der Waals surface area contributed by atoms with E-state index in [-0.39, 0.29) is 0 Å². The fraction of sp³-hybridized carbons (Fsp3) is 0.667. The first kappa shape index (κ1) is 17.1. The van der Waals surface area contributed by atoms with Crippen LogP contribution in [0.15, 0.2) is 18.2 Å². The molecule has 0 N–H and O–H groups in total. The van der Waals surface area contributed by atoms with E-state index in [9.17, 15) is 0 Å². The number of rotatable bonds is 7. The van der Waals surface area contributed by atoms with E-state index in [4.69, 9.17) is 27.9 Å². The van der Waals surface area contributed by atoms with Crippen molar-refractivity contribution in [3.63, 3.8) is 0 Å². The molecule has 2 rings (SSSR count). The Morgan fingerprint density at radius 3 is 2.43 bits per heavy atom. The number of benzene rings is 1. The molecule has 3 heteroatoms. The molecule has 0 saturated heterocycles. The minimum Gasteiger partial charge on any atom is -0.385 e. The third-order valence-corrected chi connectivity index (χ3v) is 5.46. The molecule has 1 saturated carbocycles. The summed E-state index contributed by atoms with van der Waals surface area (Å²) in [5.41, 5.74) is 1.36. The Bertz CT molecular complexity index is 425. The van der Waals surface area contributed by atoms with Crippen molar-refractivity contribution in [3.8, 4) is 0 Å². The Morgan fingerprint density at radius 1 is 1.00 bits per heavy atom. The van der Waals surface area contributed by atoms with E-state index in [0.717, 1.165) is 12.5 Å². The summed E-state index contributed by atoms with van der Waals surface area (Å²) in [4.78, 5) is 0. The van der Waals surface area contributed by atoms with Gasteiger partial charge in [-0.05, 0) is 61.6 Å². The molecule has 1 aliphatic carbocycles. The minimum absolute atomic E-state index is 0.658. The van der Waals surface area contributed by atoms with E-state index in [1.807, 2.05) is 6.07 Å². The zero-order valence-corrected chi connectivity index (χ0v) is 14.4. The van der Waals surface area contributed by atoms with Crippen molar-refractivity contribution in [1.82, 2.24) is 0 Å². The second-order valence-corrected chi connectivity index (χ2v) is 7.05. The summed E-state index contributed by atoms with van der Waals surface area (Å²) >= 11 is 12.1. The first-order valence-corrected chi connectivity index (χ1v) is 8.90. The van der Waals surface area contributed by atoms with Crippen molar-refractivity contribution in [1.29, 1.82) is 0 Å². The summed E-state index contributed by atoms with van der Waals surface area (Å²) in [6.07, 6.45) is 10.5. The SMILES string of the molecule is COCCCCCC1CCC(c2ccc(Cl)c(Cl)c2)CC1. The largest absolute Gasteiger partial charge is 0.385 e. The highest BCUT2D eigenvalue weighted by atomic mass is 35.5. The zero-order valence-electron chi connectivity index (χ0n) is 12.9. The Morgan fingerprint density at radius 2 is 1.76 bits per heavy atom. The number of ether oxygens (including phenoxy) is 1. The average Bonchev–Trinajstić information content (AvgIpc) is 2.50. The summed E-state index contributed by atoms with van der Waals surface area (Å²) in [7, 11) is 1.78. The van der Waals surface area contributed by atoms with E-state index in [1.54, 1.807) is 7.11 Å². The maximum absolute atomic E-state index is 6.13. The van der Waals surface area contributed by atoms with Crippen LogP contribution in [-0.2, 0) is 4.74 Å². The van der Waals surface area contributed by atoms with Gasteiger partial charge in [0.25, 0.3) is 0 Å². The second kappa shape index (κ2) is 9.02. The van der Waals surface area contributed by atoms with Gasteiger partial charge in [0.2, 0.25) is 0 Å². The van der Waals surface area contributed by atoms with Gasteiger partial charge in [-0.2, -0.15) is 0 Å². The van der Waals surface area contributed by atoms with Crippen LogP contribution in [-0.4, -0.2) is 13.7 Å². The van der Waals surface area contributed by atoms with Gasteiger partial charge >= 0.3 is 0 Å². The number of halogens is 2. The van der Waals surface area contributed by atoms with Crippen LogP contribution in [0.2, 0.25) is 10.0 Å². The molecular weight excluding hydrogens is 303 g/mol. The van der Waals surface area contributed by atoms with Gasteiger partial charge in [0.1, 0.15) is 0 Å². The highest BCUT2D eigenvalue weighted by molar-refractivity contribution is 6.42. The number of methoxy groups -OCH3 is 1. The molecule has 0 heterocycles. The molecule has 0 unspecified atom stereocenters. The lowest BCUT2D eigenvalue weighted by Gasteiger charge is -2.29. The molecule has 21 heavy (non-hydrogen) atoms. The lowest BCUT2D eigenvalue weighted by molar-refractivity contribution is 0.190. The Hall–Kier alpha value is -0.240. The van der Waals surface area contributed by atoms with E-state index in [0.29, 0.717) is 16.0 Å². The highest BCUT2D eigenvalue weighted by Gasteiger charge is 2.22. The van der Waals surface area contributed by atoms with Crippen molar-refractivity contribution in [2.45, 2.75) is 57.3 Å². The van der Waals surface area contributed by atoms with Crippen LogP contribution in [0.4, 0.5) is 0 Å². The van der Waals surface area contributed by atoms with E-state index in [2.05, 4.69) is 12.1 Å². The van der Waals surface area contributed by atoms with Gasteiger partial charge in [-0.15, -0.1) is 0 Å². The van der Waals surface area contributed by atoms with Gasteiger partial charge in [-0.1, -0.05) is 48.5 Å². The predicted octanol–water partition coefficient (Wildman–Crippen LogP) is 6.47. The van der Waals surface area contributed by atoms with E-state index >= 15 is 0 Å². The van der Waals surface area contributed by atoms with Crippen LogP contribution < -0.4 is 0 Å². The van der Waals surface area contributed by atoms with Crippen LogP contribution in [0, 0.1) is 5.92 Å². The van der Waals surface area contributed by atoms with Gasteiger partial charge in [0.05, 0.1) is 10.0 Å². The molecule has 1 fully saturated rings. The number of hydrogen-bond acceptors (Lipinski definition) is 1. The topological polar surface area (TPSA) is 9.23 Å². The van der Waals surface area contributed by atoms with Crippen LogP contribution in [0.5, 0.6) is 0 Å². The van der Waals surface area contributed by atoms with Crippen LogP contribution in [0.3, 0.4) is 0 Å². The molecule has 0 aromatic heterocycles. The lowest BCUT2D eigenvalue weighted by atomic mass is 9.77. The third kappa shape index (κ3) is 5.47. The second-order valence-electron chi connectivity index (χ2n) is 6.23. The van der Waals surface area contributed by atoms with Crippen molar-refractivity contribution in [3.05, 3.63) is 33.8 Å². The molecule has 0 bridgehead atoms.